The first-order valence-electron chi connectivity index (χ1n) is 15.2. The molecule has 9 aromatic rings. The van der Waals surface area contributed by atoms with Gasteiger partial charge in [-0.25, -0.2) is 0 Å². The first kappa shape index (κ1) is 22.8. The summed E-state index contributed by atoms with van der Waals surface area (Å²) in [6.45, 7) is 0. The normalized spacial score (nSPS) is 14.1. The number of fused-ring (bicyclic) bond motifs is 16. The molecule has 44 heavy (non-hydrogen) atoms. The van der Waals surface area contributed by atoms with Crippen LogP contribution in [0.4, 0.5) is 0 Å². The van der Waals surface area contributed by atoms with Gasteiger partial charge in [-0.15, -0.1) is 0 Å². The Hall–Kier alpha value is -5.80. The van der Waals surface area contributed by atoms with Crippen LogP contribution in [0.25, 0.3) is 71.5 Å². The van der Waals surface area contributed by atoms with Gasteiger partial charge in [-0.2, -0.15) is 0 Å². The Morgan fingerprint density at radius 2 is 0.932 bits per heavy atom. The molecule has 0 saturated carbocycles. The Bertz CT molecular complexity index is 2530. The summed E-state index contributed by atoms with van der Waals surface area (Å²) in [5.41, 5.74) is 16.4. The van der Waals surface area contributed by atoms with Crippen LogP contribution in [0.5, 0.6) is 0 Å². The zero-order valence-electron chi connectivity index (χ0n) is 23.6. The van der Waals surface area contributed by atoms with Crippen LogP contribution in [0.3, 0.4) is 0 Å². The summed E-state index contributed by atoms with van der Waals surface area (Å²) in [6, 6.07) is 43.1. The van der Waals surface area contributed by atoms with Gasteiger partial charge in [0.2, 0.25) is 0 Å². The molecule has 3 nitrogen and oxygen atoms in total. The number of aromatic nitrogens is 3. The number of rotatable bonds is 1. The summed E-state index contributed by atoms with van der Waals surface area (Å²) in [4.78, 5) is 9.03. The van der Waals surface area contributed by atoms with Crippen molar-refractivity contribution in [2.45, 2.75) is 5.41 Å². The molecule has 0 amide bonds. The largest absolute Gasteiger partial charge is 0.305 e. The lowest BCUT2D eigenvalue weighted by molar-refractivity contribution is 0.796. The van der Waals surface area contributed by atoms with Crippen molar-refractivity contribution in [2.75, 3.05) is 0 Å². The molecule has 0 radical (unpaired) electrons. The van der Waals surface area contributed by atoms with Crippen LogP contribution in [0.1, 0.15) is 22.3 Å². The average Bonchev–Trinajstić information content (AvgIpc) is 3.79. The summed E-state index contributed by atoms with van der Waals surface area (Å²) in [7, 11) is 0. The van der Waals surface area contributed by atoms with Crippen LogP contribution in [0, 0.1) is 0 Å². The monoisotopic (exact) mass is 557 g/mol. The lowest BCUT2D eigenvalue weighted by atomic mass is 9.68. The van der Waals surface area contributed by atoms with Crippen molar-refractivity contribution in [3.05, 3.63) is 162 Å². The second-order valence-electron chi connectivity index (χ2n) is 12.2. The van der Waals surface area contributed by atoms with Gasteiger partial charge >= 0.3 is 0 Å². The summed E-state index contributed by atoms with van der Waals surface area (Å²) in [5, 5.41) is 4.94. The molecule has 0 saturated heterocycles. The van der Waals surface area contributed by atoms with Gasteiger partial charge in [0.05, 0.1) is 34.4 Å². The Labute approximate surface area is 253 Å². The van der Waals surface area contributed by atoms with Crippen molar-refractivity contribution in [3.8, 4) is 33.4 Å². The Balaban J connectivity index is 1.33. The highest BCUT2D eigenvalue weighted by molar-refractivity contribution is 6.24. The molecule has 0 atom stereocenters. The molecule has 1 spiro atoms. The molecule has 5 aromatic carbocycles. The fourth-order valence-corrected chi connectivity index (χ4v) is 8.79. The molecule has 2 aliphatic rings. The van der Waals surface area contributed by atoms with Gasteiger partial charge in [-0.1, -0.05) is 91.0 Å². The van der Waals surface area contributed by atoms with Gasteiger partial charge in [-0.05, 0) is 79.9 Å². The summed E-state index contributed by atoms with van der Waals surface area (Å²) in [5.74, 6) is 0. The SMILES string of the molecule is c1ccc2c(c1)-c1ccccc1C21c2ccccc2-c2cccc(-c3cc4c5ccncc5n5c6cnccc6c(c3)c45)c21. The second kappa shape index (κ2) is 7.77. The molecule has 0 aliphatic heterocycles. The van der Waals surface area contributed by atoms with E-state index in [4.69, 9.17) is 0 Å². The molecule has 202 valence electrons. The maximum absolute atomic E-state index is 4.51. The predicted octanol–water partition coefficient (Wildman–Crippen LogP) is 9.64. The minimum atomic E-state index is -0.398. The van der Waals surface area contributed by atoms with Gasteiger partial charge in [0.1, 0.15) is 0 Å². The minimum absolute atomic E-state index is 0.398. The van der Waals surface area contributed by atoms with Gasteiger partial charge in [0, 0.05) is 33.9 Å². The molecule has 2 aliphatic carbocycles. The van der Waals surface area contributed by atoms with E-state index in [2.05, 4.69) is 130 Å². The van der Waals surface area contributed by atoms with Crippen molar-refractivity contribution in [1.82, 2.24) is 14.4 Å². The molecule has 4 heterocycles. The first-order valence-corrected chi connectivity index (χ1v) is 15.2. The van der Waals surface area contributed by atoms with Crippen molar-refractivity contribution in [2.24, 2.45) is 0 Å². The number of nitrogens with zero attached hydrogens (tertiary/aromatic N) is 3. The van der Waals surface area contributed by atoms with Crippen LogP contribution in [-0.2, 0) is 5.41 Å². The van der Waals surface area contributed by atoms with Crippen LogP contribution >= 0.6 is 0 Å². The van der Waals surface area contributed by atoms with Crippen LogP contribution in [0.2, 0.25) is 0 Å². The highest BCUT2D eigenvalue weighted by atomic mass is 14.9. The molecular weight excluding hydrogens is 534 g/mol. The van der Waals surface area contributed by atoms with E-state index in [1.165, 1.54) is 82.7 Å². The Morgan fingerprint density at radius 3 is 1.50 bits per heavy atom. The van der Waals surface area contributed by atoms with Crippen molar-refractivity contribution >= 4 is 38.1 Å². The van der Waals surface area contributed by atoms with Crippen molar-refractivity contribution < 1.29 is 0 Å². The minimum Gasteiger partial charge on any atom is -0.305 e. The van der Waals surface area contributed by atoms with Crippen LogP contribution < -0.4 is 0 Å². The third-order valence-electron chi connectivity index (χ3n) is 10.3. The molecule has 11 rings (SSSR count). The third-order valence-corrected chi connectivity index (χ3v) is 10.3. The number of benzene rings is 5. The number of hydrogen-bond acceptors (Lipinski definition) is 2. The molecule has 3 heteroatoms. The van der Waals surface area contributed by atoms with Crippen LogP contribution in [-0.4, -0.2) is 14.4 Å². The quantitative estimate of drug-likeness (QED) is 0.201. The molecular formula is C41H23N3. The molecule has 0 N–H and O–H groups in total. The summed E-state index contributed by atoms with van der Waals surface area (Å²) < 4.78 is 2.34. The topological polar surface area (TPSA) is 30.2 Å². The average molecular weight is 558 g/mol. The summed E-state index contributed by atoms with van der Waals surface area (Å²) >= 11 is 0. The van der Waals surface area contributed by atoms with E-state index in [-0.39, 0.29) is 0 Å². The predicted molar refractivity (Wildman–Crippen MR) is 178 cm³/mol. The third kappa shape index (κ3) is 2.45. The van der Waals surface area contributed by atoms with Gasteiger partial charge < -0.3 is 4.40 Å². The zero-order valence-corrected chi connectivity index (χ0v) is 23.6. The second-order valence-corrected chi connectivity index (χ2v) is 12.2. The zero-order chi connectivity index (χ0) is 28.6. The fourth-order valence-electron chi connectivity index (χ4n) is 8.79. The standard InChI is InChI=1S/C41H23N3/c1-4-13-34-26(8-1)27-9-2-5-14-35(27)41(34)36-15-6-3-10-28(36)31-12-7-11-25(39(31)41)24-20-32-29-16-18-42-22-37(29)44-38-23-43-19-17-30(38)33(21-24)40(32)44/h1-23H. The fraction of sp³-hybridized carbons (Fsp3) is 0.0244. The number of pyridine rings is 2. The molecule has 4 aromatic heterocycles. The maximum atomic E-state index is 4.51. The molecule has 0 fully saturated rings. The molecule has 0 bridgehead atoms. The Kier molecular flexibility index (Phi) is 4.02. The maximum Gasteiger partial charge on any atom is 0.0731 e. The highest BCUT2D eigenvalue weighted by Gasteiger charge is 2.52. The highest BCUT2D eigenvalue weighted by Crippen LogP contribution is 2.64. The van der Waals surface area contributed by atoms with E-state index >= 15 is 0 Å². The summed E-state index contributed by atoms with van der Waals surface area (Å²) in [6.07, 6.45) is 7.78. The lowest BCUT2D eigenvalue weighted by Crippen LogP contribution is -2.26. The van der Waals surface area contributed by atoms with Crippen molar-refractivity contribution in [1.29, 1.82) is 0 Å². The van der Waals surface area contributed by atoms with E-state index in [1.807, 2.05) is 24.8 Å². The van der Waals surface area contributed by atoms with E-state index in [9.17, 15) is 0 Å². The van der Waals surface area contributed by atoms with Crippen molar-refractivity contribution in [3.63, 3.8) is 0 Å². The lowest BCUT2D eigenvalue weighted by Gasteiger charge is -2.32. The van der Waals surface area contributed by atoms with E-state index < -0.39 is 5.41 Å². The van der Waals surface area contributed by atoms with E-state index in [0.29, 0.717) is 0 Å². The molecule has 0 unspecified atom stereocenters. The number of hydrogen-bond donors (Lipinski definition) is 0. The first-order chi connectivity index (χ1) is 21.9. The van der Waals surface area contributed by atoms with E-state index in [1.54, 1.807) is 0 Å². The Morgan fingerprint density at radius 1 is 0.455 bits per heavy atom. The van der Waals surface area contributed by atoms with Gasteiger partial charge in [-0.3, -0.25) is 9.97 Å². The van der Waals surface area contributed by atoms with Gasteiger partial charge in [0.25, 0.3) is 0 Å². The van der Waals surface area contributed by atoms with E-state index in [0.717, 1.165) is 11.0 Å². The van der Waals surface area contributed by atoms with Gasteiger partial charge in [0.15, 0.2) is 0 Å². The smallest absolute Gasteiger partial charge is 0.0731 e. The van der Waals surface area contributed by atoms with Crippen LogP contribution in [0.15, 0.2) is 140 Å².